The number of aromatic nitrogens is 2. The van der Waals surface area contributed by atoms with Gasteiger partial charge in [0.1, 0.15) is 0 Å². The van der Waals surface area contributed by atoms with E-state index in [0.717, 1.165) is 42.9 Å². The van der Waals surface area contributed by atoms with E-state index in [0.29, 0.717) is 6.04 Å². The van der Waals surface area contributed by atoms with Crippen LogP contribution < -0.4 is 0 Å². The van der Waals surface area contributed by atoms with E-state index >= 15 is 0 Å². The van der Waals surface area contributed by atoms with Crippen molar-refractivity contribution >= 4 is 5.97 Å². The number of carboxylic acid groups (broad SMARTS) is 1. The summed E-state index contributed by atoms with van der Waals surface area (Å²) >= 11 is 0. The van der Waals surface area contributed by atoms with Crippen molar-refractivity contribution in [2.75, 3.05) is 6.54 Å². The van der Waals surface area contributed by atoms with Gasteiger partial charge in [-0.25, -0.2) is 9.97 Å². The van der Waals surface area contributed by atoms with Crippen molar-refractivity contribution in [3.8, 4) is 11.4 Å². The Bertz CT molecular complexity index is 658. The fourth-order valence-electron chi connectivity index (χ4n) is 3.29. The average Bonchev–Trinajstić information content (AvgIpc) is 2.62. The molecule has 0 amide bonds. The Balaban J connectivity index is 1.64. The molecule has 1 aliphatic heterocycles. The summed E-state index contributed by atoms with van der Waals surface area (Å²) in [6.07, 6.45) is 8.17. The van der Waals surface area contributed by atoms with E-state index in [1.165, 1.54) is 12.8 Å². The molecule has 0 unspecified atom stereocenters. The molecule has 0 saturated carbocycles. The predicted octanol–water partition coefficient (Wildman–Crippen LogP) is 3.36. The zero-order valence-corrected chi connectivity index (χ0v) is 13.8. The minimum atomic E-state index is -0.712. The van der Waals surface area contributed by atoms with Gasteiger partial charge in [-0.15, -0.1) is 0 Å². The Morgan fingerprint density at radius 3 is 2.62 bits per heavy atom. The van der Waals surface area contributed by atoms with E-state index in [1.807, 2.05) is 42.7 Å². The normalized spacial score (nSPS) is 18.4. The molecule has 1 aliphatic rings. The fourth-order valence-corrected chi connectivity index (χ4v) is 3.29. The van der Waals surface area contributed by atoms with Crippen LogP contribution in [0.3, 0.4) is 0 Å². The van der Waals surface area contributed by atoms with Gasteiger partial charge in [0.05, 0.1) is 0 Å². The Kier molecular flexibility index (Phi) is 5.54. The quantitative estimate of drug-likeness (QED) is 0.882. The summed E-state index contributed by atoms with van der Waals surface area (Å²) in [6, 6.07) is 10.3. The Labute approximate surface area is 142 Å². The van der Waals surface area contributed by atoms with E-state index in [4.69, 9.17) is 5.11 Å². The number of aliphatic carboxylic acids is 1. The van der Waals surface area contributed by atoms with Gasteiger partial charge in [-0.3, -0.25) is 9.69 Å². The van der Waals surface area contributed by atoms with Crippen LogP contribution in [0.1, 0.15) is 37.7 Å². The van der Waals surface area contributed by atoms with Gasteiger partial charge in [0, 0.05) is 42.5 Å². The molecule has 5 nitrogen and oxygen atoms in total. The molecule has 1 aromatic heterocycles. The van der Waals surface area contributed by atoms with Crippen LogP contribution in [0.5, 0.6) is 0 Å². The molecule has 1 atom stereocenters. The topological polar surface area (TPSA) is 66.3 Å². The van der Waals surface area contributed by atoms with Gasteiger partial charge in [-0.1, -0.05) is 36.8 Å². The van der Waals surface area contributed by atoms with Crippen LogP contribution in [0.25, 0.3) is 11.4 Å². The maximum atomic E-state index is 10.8. The monoisotopic (exact) mass is 325 g/mol. The first kappa shape index (κ1) is 16.6. The highest BCUT2D eigenvalue weighted by atomic mass is 16.4. The first-order valence-corrected chi connectivity index (χ1v) is 8.54. The second-order valence-electron chi connectivity index (χ2n) is 6.33. The zero-order chi connectivity index (χ0) is 16.8. The number of benzene rings is 1. The maximum Gasteiger partial charge on any atom is 0.303 e. The maximum absolute atomic E-state index is 10.8. The van der Waals surface area contributed by atoms with Crippen LogP contribution in [-0.2, 0) is 11.3 Å². The number of hydrogen-bond donors (Lipinski definition) is 1. The fraction of sp³-hybridized carbons (Fsp3) is 0.421. The van der Waals surface area contributed by atoms with Crippen molar-refractivity contribution in [1.82, 2.24) is 14.9 Å². The van der Waals surface area contributed by atoms with Crippen molar-refractivity contribution in [1.29, 1.82) is 0 Å². The van der Waals surface area contributed by atoms with Gasteiger partial charge in [0.15, 0.2) is 5.82 Å². The minimum absolute atomic E-state index is 0.241. The van der Waals surface area contributed by atoms with Crippen LogP contribution >= 0.6 is 0 Å². The lowest BCUT2D eigenvalue weighted by atomic mass is 9.97. The molecule has 0 radical (unpaired) electrons. The van der Waals surface area contributed by atoms with Gasteiger partial charge in [0.25, 0.3) is 0 Å². The summed E-state index contributed by atoms with van der Waals surface area (Å²) in [6.45, 7) is 1.81. The van der Waals surface area contributed by atoms with Gasteiger partial charge in [-0.05, 0) is 25.8 Å². The number of piperidine rings is 1. The van der Waals surface area contributed by atoms with Crippen LogP contribution in [0.15, 0.2) is 42.7 Å². The van der Waals surface area contributed by atoms with Gasteiger partial charge in [-0.2, -0.15) is 0 Å². The Morgan fingerprint density at radius 1 is 1.17 bits per heavy atom. The molecule has 0 bridgehead atoms. The molecule has 1 saturated heterocycles. The lowest BCUT2D eigenvalue weighted by Gasteiger charge is -2.35. The highest BCUT2D eigenvalue weighted by molar-refractivity contribution is 5.66. The number of carbonyl (C=O) groups is 1. The number of rotatable bonds is 6. The van der Waals surface area contributed by atoms with Crippen LogP contribution in [0, 0.1) is 0 Å². The predicted molar refractivity (Wildman–Crippen MR) is 92.4 cm³/mol. The van der Waals surface area contributed by atoms with Gasteiger partial charge in [0.2, 0.25) is 0 Å². The first-order valence-electron chi connectivity index (χ1n) is 8.54. The highest BCUT2D eigenvalue weighted by Crippen LogP contribution is 2.23. The summed E-state index contributed by atoms with van der Waals surface area (Å²) in [4.78, 5) is 22.2. The second kappa shape index (κ2) is 8.02. The number of likely N-dealkylation sites (tertiary alicyclic amines) is 1. The molecule has 126 valence electrons. The van der Waals surface area contributed by atoms with E-state index in [9.17, 15) is 4.79 Å². The third kappa shape index (κ3) is 4.38. The van der Waals surface area contributed by atoms with Crippen molar-refractivity contribution in [3.05, 3.63) is 48.3 Å². The Hall–Kier alpha value is -2.27. The third-order valence-corrected chi connectivity index (χ3v) is 4.56. The van der Waals surface area contributed by atoms with Crippen molar-refractivity contribution in [2.45, 2.75) is 44.7 Å². The molecular formula is C19H23N3O2. The smallest absolute Gasteiger partial charge is 0.303 e. The number of carboxylic acids is 1. The number of nitrogens with zero attached hydrogens (tertiary/aromatic N) is 3. The molecule has 3 rings (SSSR count). The first-order chi connectivity index (χ1) is 11.7. The minimum Gasteiger partial charge on any atom is -0.481 e. The summed E-state index contributed by atoms with van der Waals surface area (Å²) in [5.41, 5.74) is 2.10. The summed E-state index contributed by atoms with van der Waals surface area (Å²) in [7, 11) is 0. The molecule has 1 N–H and O–H groups in total. The van der Waals surface area contributed by atoms with Crippen molar-refractivity contribution in [2.24, 2.45) is 0 Å². The zero-order valence-electron chi connectivity index (χ0n) is 13.8. The van der Waals surface area contributed by atoms with Gasteiger partial charge >= 0.3 is 5.97 Å². The average molecular weight is 325 g/mol. The summed E-state index contributed by atoms with van der Waals surface area (Å²) < 4.78 is 0. The van der Waals surface area contributed by atoms with E-state index in [1.54, 1.807) is 0 Å². The number of hydrogen-bond acceptors (Lipinski definition) is 4. The molecule has 1 aromatic carbocycles. The van der Waals surface area contributed by atoms with Crippen molar-refractivity contribution < 1.29 is 9.90 Å². The molecule has 24 heavy (non-hydrogen) atoms. The van der Waals surface area contributed by atoms with E-state index in [2.05, 4.69) is 14.9 Å². The van der Waals surface area contributed by atoms with Gasteiger partial charge < -0.3 is 5.11 Å². The molecule has 2 heterocycles. The van der Waals surface area contributed by atoms with Crippen LogP contribution in [0.2, 0.25) is 0 Å². The van der Waals surface area contributed by atoms with E-state index < -0.39 is 5.97 Å². The lowest BCUT2D eigenvalue weighted by molar-refractivity contribution is -0.137. The summed E-state index contributed by atoms with van der Waals surface area (Å²) in [5.74, 6) is 0.0245. The SMILES string of the molecule is O=C(O)CC[C@H]1CCCCN1Cc1cnc(-c2ccccc2)nc1. The Morgan fingerprint density at radius 2 is 1.92 bits per heavy atom. The van der Waals surface area contributed by atoms with E-state index in [-0.39, 0.29) is 6.42 Å². The third-order valence-electron chi connectivity index (χ3n) is 4.56. The second-order valence-corrected chi connectivity index (χ2v) is 6.33. The van der Waals surface area contributed by atoms with Crippen LogP contribution in [-0.4, -0.2) is 38.5 Å². The standard InChI is InChI=1S/C19H23N3O2/c23-18(24)10-9-17-8-4-5-11-22(17)14-15-12-20-19(21-13-15)16-6-2-1-3-7-16/h1-3,6-7,12-13,17H,4-5,8-11,14H2,(H,23,24)/t17-/m1/s1. The lowest BCUT2D eigenvalue weighted by Crippen LogP contribution is -2.39. The molecule has 0 spiro atoms. The summed E-state index contributed by atoms with van der Waals surface area (Å²) in [5, 5.41) is 8.92. The molecule has 1 fully saturated rings. The highest BCUT2D eigenvalue weighted by Gasteiger charge is 2.23. The molecule has 5 heteroatoms. The van der Waals surface area contributed by atoms with Crippen molar-refractivity contribution in [3.63, 3.8) is 0 Å². The molecule has 2 aromatic rings. The molecular weight excluding hydrogens is 302 g/mol. The largest absolute Gasteiger partial charge is 0.481 e. The molecule has 0 aliphatic carbocycles. The van der Waals surface area contributed by atoms with Crippen LogP contribution in [0.4, 0.5) is 0 Å².